The summed E-state index contributed by atoms with van der Waals surface area (Å²) in [4.78, 5) is 4.00. The van der Waals surface area contributed by atoms with E-state index in [9.17, 15) is 0 Å². The zero-order valence-electron chi connectivity index (χ0n) is 11.3. The lowest BCUT2D eigenvalue weighted by Gasteiger charge is -2.36. The van der Waals surface area contributed by atoms with Crippen molar-refractivity contribution in [1.29, 1.82) is 0 Å². The molecule has 18 heavy (non-hydrogen) atoms. The Morgan fingerprint density at radius 3 is 2.94 bits per heavy atom. The molecule has 4 heteroatoms. The van der Waals surface area contributed by atoms with Crippen LogP contribution in [0.2, 0.25) is 4.34 Å². The molecule has 2 heterocycles. The Morgan fingerprint density at radius 2 is 2.28 bits per heavy atom. The van der Waals surface area contributed by atoms with E-state index >= 15 is 0 Å². The van der Waals surface area contributed by atoms with Gasteiger partial charge in [-0.1, -0.05) is 31.9 Å². The molecule has 2 nitrogen and oxygen atoms in total. The largest absolute Gasteiger partial charge is 0.313 e. The summed E-state index contributed by atoms with van der Waals surface area (Å²) in [6.45, 7) is 7.82. The number of hydrogen-bond acceptors (Lipinski definition) is 3. The first-order valence-electron chi connectivity index (χ1n) is 6.87. The molecule has 1 aromatic rings. The summed E-state index contributed by atoms with van der Waals surface area (Å²) in [6, 6.07) is 5.42. The molecule has 0 aromatic carbocycles. The van der Waals surface area contributed by atoms with Gasteiger partial charge in [0.25, 0.3) is 0 Å². The van der Waals surface area contributed by atoms with Crippen molar-refractivity contribution in [1.82, 2.24) is 10.2 Å². The highest BCUT2D eigenvalue weighted by atomic mass is 35.5. The van der Waals surface area contributed by atoms with Crippen molar-refractivity contribution in [2.24, 2.45) is 0 Å². The second-order valence-corrected chi connectivity index (χ2v) is 7.19. The number of thiophene rings is 1. The van der Waals surface area contributed by atoms with Crippen molar-refractivity contribution in [3.8, 4) is 0 Å². The van der Waals surface area contributed by atoms with Crippen LogP contribution in [0.4, 0.5) is 0 Å². The quantitative estimate of drug-likeness (QED) is 0.887. The van der Waals surface area contributed by atoms with E-state index < -0.39 is 0 Å². The molecule has 0 saturated carbocycles. The Labute approximate surface area is 119 Å². The van der Waals surface area contributed by atoms with Gasteiger partial charge >= 0.3 is 0 Å². The van der Waals surface area contributed by atoms with E-state index in [2.05, 4.69) is 30.1 Å². The van der Waals surface area contributed by atoms with Crippen molar-refractivity contribution in [2.45, 2.75) is 51.7 Å². The van der Waals surface area contributed by atoms with Gasteiger partial charge in [-0.3, -0.25) is 4.90 Å². The zero-order chi connectivity index (χ0) is 13.0. The minimum Gasteiger partial charge on any atom is -0.313 e. The van der Waals surface area contributed by atoms with E-state index in [0.717, 1.165) is 17.4 Å². The van der Waals surface area contributed by atoms with Crippen molar-refractivity contribution >= 4 is 22.9 Å². The number of rotatable bonds is 5. The lowest BCUT2D eigenvalue weighted by Crippen LogP contribution is -2.46. The fourth-order valence-electron chi connectivity index (χ4n) is 2.51. The van der Waals surface area contributed by atoms with Crippen LogP contribution in [0.25, 0.3) is 0 Å². The van der Waals surface area contributed by atoms with Gasteiger partial charge in [-0.25, -0.2) is 0 Å². The minimum absolute atomic E-state index is 0.574. The summed E-state index contributed by atoms with van der Waals surface area (Å²) in [7, 11) is 0. The summed E-state index contributed by atoms with van der Waals surface area (Å²) in [6.07, 6.45) is 4.02. The molecular formula is C14H23ClN2S. The highest BCUT2D eigenvalue weighted by molar-refractivity contribution is 7.16. The summed E-state index contributed by atoms with van der Waals surface area (Å²) >= 11 is 7.72. The van der Waals surface area contributed by atoms with Crippen LogP contribution >= 0.6 is 22.9 Å². The summed E-state index contributed by atoms with van der Waals surface area (Å²) in [5.41, 5.74) is 0. The van der Waals surface area contributed by atoms with Gasteiger partial charge in [0.05, 0.1) is 4.34 Å². The second kappa shape index (κ2) is 6.90. The van der Waals surface area contributed by atoms with Gasteiger partial charge in [0.15, 0.2) is 0 Å². The molecule has 0 bridgehead atoms. The summed E-state index contributed by atoms with van der Waals surface area (Å²) < 4.78 is 0.902. The number of likely N-dealkylation sites (tertiary alicyclic amines) is 1. The predicted molar refractivity (Wildman–Crippen MR) is 80.5 cm³/mol. The molecule has 1 fully saturated rings. The van der Waals surface area contributed by atoms with E-state index in [0.29, 0.717) is 12.1 Å². The Kier molecular flexibility index (Phi) is 5.49. The van der Waals surface area contributed by atoms with Crippen LogP contribution in [0.5, 0.6) is 0 Å². The van der Waals surface area contributed by atoms with Crippen LogP contribution in [0.15, 0.2) is 12.1 Å². The van der Waals surface area contributed by atoms with Gasteiger partial charge in [-0.15, -0.1) is 11.3 Å². The third-order valence-electron chi connectivity index (χ3n) is 3.50. The Bertz CT molecular complexity index is 364. The van der Waals surface area contributed by atoms with E-state index in [-0.39, 0.29) is 0 Å². The smallest absolute Gasteiger partial charge is 0.0931 e. The first-order valence-corrected chi connectivity index (χ1v) is 8.06. The van der Waals surface area contributed by atoms with E-state index in [1.54, 1.807) is 11.3 Å². The Morgan fingerprint density at radius 1 is 1.44 bits per heavy atom. The van der Waals surface area contributed by atoms with Gasteiger partial charge in [-0.2, -0.15) is 0 Å². The van der Waals surface area contributed by atoms with Crippen LogP contribution in [-0.2, 0) is 6.54 Å². The molecule has 1 saturated heterocycles. The second-order valence-electron chi connectivity index (χ2n) is 5.39. The predicted octanol–water partition coefficient (Wildman–Crippen LogP) is 3.75. The van der Waals surface area contributed by atoms with Gasteiger partial charge in [0, 0.05) is 30.1 Å². The maximum atomic E-state index is 6.00. The topological polar surface area (TPSA) is 15.3 Å². The molecule has 2 rings (SSSR count). The molecule has 1 atom stereocenters. The van der Waals surface area contributed by atoms with Crippen LogP contribution in [0.1, 0.15) is 38.0 Å². The fraction of sp³-hybridized carbons (Fsp3) is 0.714. The molecule has 1 N–H and O–H groups in total. The number of piperidine rings is 1. The molecular weight excluding hydrogens is 264 g/mol. The van der Waals surface area contributed by atoms with Crippen LogP contribution < -0.4 is 5.32 Å². The van der Waals surface area contributed by atoms with Crippen molar-refractivity contribution in [3.63, 3.8) is 0 Å². The highest BCUT2D eigenvalue weighted by Gasteiger charge is 2.22. The maximum Gasteiger partial charge on any atom is 0.0931 e. The molecule has 1 aliphatic heterocycles. The number of nitrogens with zero attached hydrogens (tertiary/aromatic N) is 1. The summed E-state index contributed by atoms with van der Waals surface area (Å²) in [5.74, 6) is 0. The highest BCUT2D eigenvalue weighted by Crippen LogP contribution is 2.25. The molecule has 0 radical (unpaired) electrons. The molecule has 1 aromatic heterocycles. The van der Waals surface area contributed by atoms with Crippen molar-refractivity contribution < 1.29 is 0 Å². The zero-order valence-corrected chi connectivity index (χ0v) is 12.9. The molecule has 0 aliphatic carbocycles. The lowest BCUT2D eigenvalue weighted by atomic mass is 10.0. The minimum atomic E-state index is 0.574. The molecule has 102 valence electrons. The van der Waals surface area contributed by atoms with E-state index in [4.69, 9.17) is 11.6 Å². The van der Waals surface area contributed by atoms with Crippen LogP contribution in [0.3, 0.4) is 0 Å². The third kappa shape index (κ3) is 4.23. The SMILES string of the molecule is CC(C)NCC1CCCCN1Cc1ccc(Cl)s1. The van der Waals surface area contributed by atoms with Crippen LogP contribution in [0, 0.1) is 0 Å². The first kappa shape index (κ1) is 14.3. The Balaban J connectivity index is 1.90. The van der Waals surface area contributed by atoms with Gasteiger partial charge in [-0.05, 0) is 31.5 Å². The number of halogens is 1. The Hall–Kier alpha value is -0.0900. The van der Waals surface area contributed by atoms with E-state index in [1.807, 2.05) is 6.07 Å². The monoisotopic (exact) mass is 286 g/mol. The average molecular weight is 287 g/mol. The molecule has 0 spiro atoms. The molecule has 1 unspecified atom stereocenters. The summed E-state index contributed by atoms with van der Waals surface area (Å²) in [5, 5.41) is 3.57. The average Bonchev–Trinajstić information content (AvgIpc) is 2.73. The normalized spacial score (nSPS) is 21.7. The number of hydrogen-bond donors (Lipinski definition) is 1. The van der Waals surface area contributed by atoms with E-state index in [1.165, 1.54) is 30.7 Å². The van der Waals surface area contributed by atoms with Crippen LogP contribution in [-0.4, -0.2) is 30.1 Å². The fourth-order valence-corrected chi connectivity index (χ4v) is 3.62. The van der Waals surface area contributed by atoms with Gasteiger partial charge in [0.2, 0.25) is 0 Å². The molecule has 1 aliphatic rings. The number of nitrogens with one attached hydrogen (secondary N) is 1. The van der Waals surface area contributed by atoms with Crippen molar-refractivity contribution in [2.75, 3.05) is 13.1 Å². The maximum absolute atomic E-state index is 6.00. The van der Waals surface area contributed by atoms with Gasteiger partial charge in [0.1, 0.15) is 0 Å². The standard InChI is InChI=1S/C14H23ClN2S/c1-11(2)16-9-12-5-3-4-8-17(12)10-13-6-7-14(15)18-13/h6-7,11-12,16H,3-5,8-10H2,1-2H3. The lowest BCUT2D eigenvalue weighted by molar-refractivity contribution is 0.137. The van der Waals surface area contributed by atoms with Gasteiger partial charge < -0.3 is 5.32 Å². The van der Waals surface area contributed by atoms with Crippen molar-refractivity contribution in [3.05, 3.63) is 21.3 Å². The molecule has 0 amide bonds. The third-order valence-corrected chi connectivity index (χ3v) is 4.71. The first-order chi connectivity index (χ1) is 8.65.